The lowest BCUT2D eigenvalue weighted by Crippen LogP contribution is -2.52. The first-order valence-electron chi connectivity index (χ1n) is 9.95. The largest absolute Gasteiger partial charge is 0.459 e. The summed E-state index contributed by atoms with van der Waals surface area (Å²) in [7, 11) is 0. The Morgan fingerprint density at radius 1 is 1.17 bits per heavy atom. The van der Waals surface area contributed by atoms with Gasteiger partial charge in [0.05, 0.1) is 6.26 Å². The molecule has 29 heavy (non-hydrogen) atoms. The maximum atomic E-state index is 12.8. The first kappa shape index (κ1) is 23.0. The number of amides is 2. The van der Waals surface area contributed by atoms with Gasteiger partial charge in [0.2, 0.25) is 5.91 Å². The molecule has 1 aliphatic heterocycles. The highest BCUT2D eigenvalue weighted by molar-refractivity contribution is 5.95. The topological polar surface area (TPSA) is 88.6 Å². The van der Waals surface area contributed by atoms with E-state index in [1.807, 2.05) is 12.1 Å². The molecule has 0 saturated carbocycles. The van der Waals surface area contributed by atoms with Gasteiger partial charge in [-0.3, -0.25) is 9.59 Å². The number of furan rings is 1. The molecule has 2 aromatic rings. The minimum absolute atomic E-state index is 0. The van der Waals surface area contributed by atoms with Crippen LogP contribution in [0.25, 0.3) is 0 Å². The number of hydrogen-bond donors (Lipinski definition) is 2. The fraction of sp³-hybridized carbons (Fsp3) is 0.455. The Kier molecular flexibility index (Phi) is 8.29. The Bertz CT molecular complexity index is 790. The van der Waals surface area contributed by atoms with Crippen LogP contribution in [-0.4, -0.2) is 35.8 Å². The van der Waals surface area contributed by atoms with E-state index < -0.39 is 6.04 Å². The highest BCUT2D eigenvalue weighted by Gasteiger charge is 2.33. The summed E-state index contributed by atoms with van der Waals surface area (Å²) in [5.74, 6) is 0.336. The van der Waals surface area contributed by atoms with Crippen molar-refractivity contribution in [1.82, 2.24) is 10.2 Å². The van der Waals surface area contributed by atoms with Crippen molar-refractivity contribution in [2.45, 2.75) is 51.1 Å². The van der Waals surface area contributed by atoms with Gasteiger partial charge in [0.1, 0.15) is 6.04 Å². The van der Waals surface area contributed by atoms with Crippen molar-refractivity contribution in [3.63, 3.8) is 0 Å². The van der Waals surface area contributed by atoms with Gasteiger partial charge in [0.15, 0.2) is 5.76 Å². The number of likely N-dealkylation sites (tertiary alicyclic amines) is 1. The number of carbonyl (C=O) groups is 2. The van der Waals surface area contributed by atoms with Gasteiger partial charge in [-0.2, -0.15) is 0 Å². The second-order valence-electron chi connectivity index (χ2n) is 7.66. The minimum atomic E-state index is -0.484. The van der Waals surface area contributed by atoms with Crippen LogP contribution in [0.2, 0.25) is 0 Å². The van der Waals surface area contributed by atoms with Crippen molar-refractivity contribution >= 4 is 24.2 Å². The van der Waals surface area contributed by atoms with Crippen LogP contribution < -0.4 is 11.1 Å². The Balaban J connectivity index is 0.00000300. The lowest BCUT2D eigenvalue weighted by Gasteiger charge is -2.34. The standard InChI is InChI=1S/C22H29N3O3.ClH/c1-15(2)16-8-10-17(11-9-16)18(23)14-24-21(26)19-6-3-4-12-25(19)22(27)20-7-5-13-28-20;/h5,7-11,13,15,18-19H,3-4,6,12,14,23H2,1-2H3,(H,24,26);1H. The van der Waals surface area contributed by atoms with Crippen molar-refractivity contribution in [2.24, 2.45) is 5.73 Å². The molecule has 1 saturated heterocycles. The van der Waals surface area contributed by atoms with E-state index >= 15 is 0 Å². The molecule has 1 aromatic carbocycles. The Morgan fingerprint density at radius 2 is 1.86 bits per heavy atom. The maximum Gasteiger partial charge on any atom is 0.290 e. The van der Waals surface area contributed by atoms with Gasteiger partial charge < -0.3 is 20.4 Å². The molecular formula is C22H30ClN3O3. The summed E-state index contributed by atoms with van der Waals surface area (Å²) in [6.45, 7) is 5.18. The molecule has 7 heteroatoms. The number of piperidine rings is 1. The minimum Gasteiger partial charge on any atom is -0.459 e. The molecule has 1 aromatic heterocycles. The normalized spacial score (nSPS) is 17.5. The monoisotopic (exact) mass is 419 g/mol. The summed E-state index contributed by atoms with van der Waals surface area (Å²) >= 11 is 0. The molecule has 1 fully saturated rings. The third kappa shape index (κ3) is 5.61. The molecule has 0 bridgehead atoms. The molecule has 0 aliphatic carbocycles. The molecule has 3 N–H and O–H groups in total. The average Bonchev–Trinajstić information content (AvgIpc) is 3.26. The van der Waals surface area contributed by atoms with E-state index in [4.69, 9.17) is 10.2 Å². The second kappa shape index (κ2) is 10.5. The van der Waals surface area contributed by atoms with Gasteiger partial charge in [0, 0.05) is 19.1 Å². The van der Waals surface area contributed by atoms with Gasteiger partial charge in [-0.15, -0.1) is 12.4 Å². The summed E-state index contributed by atoms with van der Waals surface area (Å²) in [6, 6.07) is 10.7. The van der Waals surface area contributed by atoms with Crippen LogP contribution >= 0.6 is 12.4 Å². The fourth-order valence-corrected chi connectivity index (χ4v) is 3.56. The molecule has 158 valence electrons. The number of carbonyl (C=O) groups excluding carboxylic acids is 2. The first-order chi connectivity index (χ1) is 13.5. The van der Waals surface area contributed by atoms with Crippen molar-refractivity contribution in [2.75, 3.05) is 13.1 Å². The molecule has 2 atom stereocenters. The van der Waals surface area contributed by atoms with Gasteiger partial charge in [-0.05, 0) is 48.4 Å². The van der Waals surface area contributed by atoms with E-state index in [0.717, 1.165) is 18.4 Å². The van der Waals surface area contributed by atoms with Gasteiger partial charge in [0.25, 0.3) is 5.91 Å². The number of nitrogens with zero attached hydrogens (tertiary/aromatic N) is 1. The zero-order chi connectivity index (χ0) is 20.1. The lowest BCUT2D eigenvalue weighted by atomic mass is 9.99. The van der Waals surface area contributed by atoms with Crippen LogP contribution in [0.4, 0.5) is 0 Å². The lowest BCUT2D eigenvalue weighted by molar-refractivity contribution is -0.126. The highest BCUT2D eigenvalue weighted by Crippen LogP contribution is 2.21. The molecule has 0 spiro atoms. The van der Waals surface area contributed by atoms with Gasteiger partial charge in [-0.25, -0.2) is 0 Å². The van der Waals surface area contributed by atoms with Gasteiger partial charge >= 0.3 is 0 Å². The number of hydrogen-bond acceptors (Lipinski definition) is 4. The number of rotatable bonds is 6. The maximum absolute atomic E-state index is 12.8. The van der Waals surface area contributed by atoms with Crippen molar-refractivity contribution in [1.29, 1.82) is 0 Å². The molecule has 2 amide bonds. The third-order valence-corrected chi connectivity index (χ3v) is 5.33. The smallest absolute Gasteiger partial charge is 0.290 e. The van der Waals surface area contributed by atoms with E-state index in [9.17, 15) is 9.59 Å². The molecule has 2 unspecified atom stereocenters. The van der Waals surface area contributed by atoms with E-state index in [1.165, 1.54) is 11.8 Å². The molecule has 6 nitrogen and oxygen atoms in total. The zero-order valence-electron chi connectivity index (χ0n) is 17.0. The Hall–Kier alpha value is -2.31. The quantitative estimate of drug-likeness (QED) is 0.748. The molecule has 1 aliphatic rings. The second-order valence-corrected chi connectivity index (χ2v) is 7.66. The number of benzene rings is 1. The summed E-state index contributed by atoms with van der Waals surface area (Å²) < 4.78 is 5.22. The number of halogens is 1. The Morgan fingerprint density at radius 3 is 2.48 bits per heavy atom. The molecule has 2 heterocycles. The Labute approximate surface area is 178 Å². The predicted octanol–water partition coefficient (Wildman–Crippen LogP) is 3.64. The fourth-order valence-electron chi connectivity index (χ4n) is 3.56. The van der Waals surface area contributed by atoms with E-state index in [0.29, 0.717) is 25.4 Å². The van der Waals surface area contributed by atoms with E-state index in [1.54, 1.807) is 17.0 Å². The van der Waals surface area contributed by atoms with Gasteiger partial charge in [-0.1, -0.05) is 38.1 Å². The van der Waals surface area contributed by atoms with Crippen LogP contribution in [0.15, 0.2) is 47.1 Å². The summed E-state index contributed by atoms with van der Waals surface area (Å²) in [5.41, 5.74) is 8.50. The average molecular weight is 420 g/mol. The van der Waals surface area contributed by atoms with Crippen LogP contribution in [0, 0.1) is 0 Å². The SMILES string of the molecule is CC(C)c1ccc(C(N)CNC(=O)C2CCCCN2C(=O)c2ccco2)cc1.Cl. The third-order valence-electron chi connectivity index (χ3n) is 5.33. The summed E-state index contributed by atoms with van der Waals surface area (Å²) in [4.78, 5) is 27.0. The van der Waals surface area contributed by atoms with Crippen molar-refractivity contribution < 1.29 is 14.0 Å². The molecule has 3 rings (SSSR count). The molecule has 0 radical (unpaired) electrons. The predicted molar refractivity (Wildman–Crippen MR) is 115 cm³/mol. The zero-order valence-corrected chi connectivity index (χ0v) is 17.8. The van der Waals surface area contributed by atoms with Crippen molar-refractivity contribution in [3.05, 3.63) is 59.5 Å². The van der Waals surface area contributed by atoms with Crippen LogP contribution in [-0.2, 0) is 4.79 Å². The first-order valence-corrected chi connectivity index (χ1v) is 9.95. The van der Waals surface area contributed by atoms with Crippen molar-refractivity contribution in [3.8, 4) is 0 Å². The number of nitrogens with two attached hydrogens (primary N) is 1. The van der Waals surface area contributed by atoms with E-state index in [-0.39, 0.29) is 36.0 Å². The highest BCUT2D eigenvalue weighted by atomic mass is 35.5. The van der Waals surface area contributed by atoms with Crippen LogP contribution in [0.3, 0.4) is 0 Å². The number of nitrogens with one attached hydrogen (secondary N) is 1. The molecular weight excluding hydrogens is 390 g/mol. The summed E-state index contributed by atoms with van der Waals surface area (Å²) in [6.07, 6.45) is 3.92. The van der Waals surface area contributed by atoms with Crippen LogP contribution in [0.5, 0.6) is 0 Å². The summed E-state index contributed by atoms with van der Waals surface area (Å²) in [5, 5.41) is 2.93. The van der Waals surface area contributed by atoms with E-state index in [2.05, 4.69) is 31.3 Å². The van der Waals surface area contributed by atoms with Crippen LogP contribution in [0.1, 0.15) is 66.8 Å².